The van der Waals surface area contributed by atoms with E-state index in [0.29, 0.717) is 11.3 Å². The summed E-state index contributed by atoms with van der Waals surface area (Å²) < 4.78 is 0.724. The fourth-order valence-corrected chi connectivity index (χ4v) is 3.26. The molecule has 26 heavy (non-hydrogen) atoms. The number of anilines is 1. The van der Waals surface area contributed by atoms with Crippen molar-refractivity contribution in [2.75, 3.05) is 5.32 Å². The van der Waals surface area contributed by atoms with Gasteiger partial charge in [0.15, 0.2) is 0 Å². The Morgan fingerprint density at radius 3 is 2.62 bits per heavy atom. The van der Waals surface area contributed by atoms with Crippen molar-refractivity contribution in [2.45, 2.75) is 13.0 Å². The number of benzene rings is 2. The highest BCUT2D eigenvalue weighted by molar-refractivity contribution is 9.10. The molecule has 4 N–H and O–H groups in total. The fraction of sp³-hybridized carbons (Fsp3) is 0.158. The maximum absolute atomic E-state index is 12.9. The molecule has 1 saturated heterocycles. The summed E-state index contributed by atoms with van der Waals surface area (Å²) in [6.45, 7) is 5.78. The molecule has 134 valence electrons. The first kappa shape index (κ1) is 18.0. The van der Waals surface area contributed by atoms with E-state index >= 15 is 0 Å². The third-order valence-corrected chi connectivity index (χ3v) is 4.69. The summed E-state index contributed by atoms with van der Waals surface area (Å²) in [4.78, 5) is 24.8. The summed E-state index contributed by atoms with van der Waals surface area (Å²) in [5, 5.41) is 18.3. The normalized spacial score (nSPS) is 19.5. The van der Waals surface area contributed by atoms with Crippen molar-refractivity contribution in [1.29, 1.82) is 0 Å². The van der Waals surface area contributed by atoms with Crippen LogP contribution in [0, 0.1) is 12.8 Å². The lowest BCUT2D eigenvalue weighted by Gasteiger charge is -2.34. The van der Waals surface area contributed by atoms with E-state index in [1.165, 1.54) is 6.07 Å². The van der Waals surface area contributed by atoms with Gasteiger partial charge >= 0.3 is 6.03 Å². The zero-order valence-corrected chi connectivity index (χ0v) is 15.6. The SMILES string of the molecule is C=C1NC(=O)N[C@@H](c2cc(Br)ccc2O)[C@@H]1C(=O)Nc1ccc(C)cc1. The number of amides is 3. The van der Waals surface area contributed by atoms with Crippen molar-refractivity contribution in [1.82, 2.24) is 10.6 Å². The van der Waals surface area contributed by atoms with Gasteiger partial charge in [-0.05, 0) is 37.3 Å². The summed E-state index contributed by atoms with van der Waals surface area (Å²) in [5.41, 5.74) is 2.42. The predicted octanol–water partition coefficient (Wildman–Crippen LogP) is 3.59. The van der Waals surface area contributed by atoms with Crippen LogP contribution in [0.1, 0.15) is 17.2 Å². The minimum Gasteiger partial charge on any atom is -0.508 e. The first-order valence-corrected chi connectivity index (χ1v) is 8.76. The van der Waals surface area contributed by atoms with Gasteiger partial charge in [0.25, 0.3) is 0 Å². The molecule has 2 atom stereocenters. The predicted molar refractivity (Wildman–Crippen MR) is 103 cm³/mol. The van der Waals surface area contributed by atoms with Gasteiger partial charge in [-0.15, -0.1) is 0 Å². The number of aryl methyl sites for hydroxylation is 1. The molecule has 0 aromatic heterocycles. The van der Waals surface area contributed by atoms with E-state index in [9.17, 15) is 14.7 Å². The average molecular weight is 416 g/mol. The Hall–Kier alpha value is -2.80. The van der Waals surface area contributed by atoms with Crippen LogP contribution >= 0.6 is 15.9 Å². The molecule has 0 bridgehead atoms. The molecular weight excluding hydrogens is 398 g/mol. The van der Waals surface area contributed by atoms with E-state index in [0.717, 1.165) is 10.0 Å². The highest BCUT2D eigenvalue weighted by atomic mass is 79.9. The molecule has 0 spiro atoms. The lowest BCUT2D eigenvalue weighted by atomic mass is 9.87. The monoisotopic (exact) mass is 415 g/mol. The maximum atomic E-state index is 12.9. The number of phenolic OH excluding ortho intramolecular Hbond substituents is 1. The molecule has 1 fully saturated rings. The Morgan fingerprint density at radius 1 is 1.23 bits per heavy atom. The molecule has 6 nitrogen and oxygen atoms in total. The van der Waals surface area contributed by atoms with E-state index in [1.807, 2.05) is 19.1 Å². The van der Waals surface area contributed by atoms with E-state index in [4.69, 9.17) is 0 Å². The number of rotatable bonds is 3. The highest BCUT2D eigenvalue weighted by Gasteiger charge is 2.39. The molecule has 3 rings (SSSR count). The molecule has 7 heteroatoms. The van der Waals surface area contributed by atoms with Crippen molar-refractivity contribution in [3.8, 4) is 5.75 Å². The van der Waals surface area contributed by atoms with Gasteiger partial charge in [-0.1, -0.05) is 40.2 Å². The fourth-order valence-electron chi connectivity index (χ4n) is 2.88. The Labute approximate surface area is 159 Å². The van der Waals surface area contributed by atoms with Gasteiger partial charge in [-0.3, -0.25) is 4.79 Å². The van der Waals surface area contributed by atoms with Crippen molar-refractivity contribution in [3.63, 3.8) is 0 Å². The van der Waals surface area contributed by atoms with Crippen molar-refractivity contribution in [3.05, 3.63) is 70.3 Å². The Balaban J connectivity index is 1.93. The quantitative estimate of drug-likeness (QED) is 0.617. The Bertz CT molecular complexity index is 880. The number of carbonyl (C=O) groups excluding carboxylic acids is 2. The van der Waals surface area contributed by atoms with Gasteiger partial charge in [-0.25, -0.2) is 4.79 Å². The van der Waals surface area contributed by atoms with Gasteiger partial charge in [-0.2, -0.15) is 0 Å². The number of urea groups is 1. The smallest absolute Gasteiger partial charge is 0.319 e. The van der Waals surface area contributed by atoms with Crippen molar-refractivity contribution in [2.24, 2.45) is 5.92 Å². The third-order valence-electron chi connectivity index (χ3n) is 4.20. The number of aromatic hydroxyl groups is 1. The summed E-state index contributed by atoms with van der Waals surface area (Å²) in [5.74, 6) is -1.15. The summed E-state index contributed by atoms with van der Waals surface area (Å²) in [6, 6.07) is 11.0. The molecule has 2 aromatic carbocycles. The average Bonchev–Trinajstić information content (AvgIpc) is 2.58. The van der Waals surface area contributed by atoms with E-state index in [1.54, 1.807) is 24.3 Å². The van der Waals surface area contributed by atoms with Gasteiger partial charge in [0.05, 0.1) is 6.04 Å². The van der Waals surface area contributed by atoms with E-state index in [-0.39, 0.29) is 17.4 Å². The van der Waals surface area contributed by atoms with Crippen molar-refractivity contribution >= 4 is 33.6 Å². The second-order valence-corrected chi connectivity index (χ2v) is 7.05. The first-order chi connectivity index (χ1) is 12.3. The second-order valence-electron chi connectivity index (χ2n) is 6.14. The number of phenols is 1. The molecule has 0 saturated carbocycles. The molecule has 0 unspecified atom stereocenters. The Kier molecular flexibility index (Phi) is 4.99. The Morgan fingerprint density at radius 2 is 1.92 bits per heavy atom. The minimum absolute atomic E-state index is 0.0127. The van der Waals surface area contributed by atoms with Crippen LogP contribution in [-0.4, -0.2) is 17.0 Å². The molecule has 0 aliphatic carbocycles. The third kappa shape index (κ3) is 3.72. The highest BCUT2D eigenvalue weighted by Crippen LogP contribution is 2.36. The maximum Gasteiger partial charge on any atom is 0.319 e. The van der Waals surface area contributed by atoms with Crippen LogP contribution in [0.25, 0.3) is 0 Å². The number of carbonyl (C=O) groups is 2. The van der Waals surface area contributed by atoms with Crippen LogP contribution in [-0.2, 0) is 4.79 Å². The molecule has 1 aliphatic rings. The van der Waals surface area contributed by atoms with Crippen LogP contribution in [0.5, 0.6) is 5.75 Å². The zero-order valence-electron chi connectivity index (χ0n) is 14.0. The summed E-state index contributed by atoms with van der Waals surface area (Å²) in [7, 11) is 0. The van der Waals surface area contributed by atoms with Crippen LogP contribution in [0.3, 0.4) is 0 Å². The van der Waals surface area contributed by atoms with Crippen LogP contribution in [0.15, 0.2) is 59.2 Å². The summed E-state index contributed by atoms with van der Waals surface area (Å²) in [6.07, 6.45) is 0. The standard InChI is InChI=1S/C19H18BrN3O3/c1-10-3-6-13(7-4-10)22-18(25)16-11(2)21-19(26)23-17(16)14-9-12(20)5-8-15(14)24/h3-9,16-17,24H,2H2,1H3,(H,22,25)(H2,21,23,26)/t16-,17+/m1/s1. The first-order valence-electron chi connectivity index (χ1n) is 7.97. The molecule has 2 aromatic rings. The van der Waals surface area contributed by atoms with Crippen LogP contribution in [0.4, 0.5) is 10.5 Å². The number of nitrogens with one attached hydrogen (secondary N) is 3. The molecule has 1 aliphatic heterocycles. The lowest BCUT2D eigenvalue weighted by Crippen LogP contribution is -2.51. The second kappa shape index (κ2) is 7.21. The lowest BCUT2D eigenvalue weighted by molar-refractivity contribution is -0.119. The van der Waals surface area contributed by atoms with Gasteiger partial charge in [0.2, 0.25) is 5.91 Å². The largest absolute Gasteiger partial charge is 0.508 e. The molecule has 0 radical (unpaired) electrons. The van der Waals surface area contributed by atoms with Crippen molar-refractivity contribution < 1.29 is 14.7 Å². The van der Waals surface area contributed by atoms with Gasteiger partial charge < -0.3 is 21.1 Å². The summed E-state index contributed by atoms with van der Waals surface area (Å²) >= 11 is 3.35. The van der Waals surface area contributed by atoms with Crippen LogP contribution in [0.2, 0.25) is 0 Å². The molecular formula is C19H18BrN3O3. The van der Waals surface area contributed by atoms with E-state index < -0.39 is 18.0 Å². The van der Waals surface area contributed by atoms with E-state index in [2.05, 4.69) is 38.5 Å². The van der Waals surface area contributed by atoms with Gasteiger partial charge in [0.1, 0.15) is 11.7 Å². The zero-order chi connectivity index (χ0) is 18.8. The van der Waals surface area contributed by atoms with Crippen LogP contribution < -0.4 is 16.0 Å². The minimum atomic E-state index is -0.797. The number of hydrogen-bond donors (Lipinski definition) is 4. The molecule has 1 heterocycles. The topological polar surface area (TPSA) is 90.5 Å². The van der Waals surface area contributed by atoms with Gasteiger partial charge in [0, 0.05) is 21.4 Å². The number of halogens is 1. The number of hydrogen-bond acceptors (Lipinski definition) is 3. The molecule has 3 amide bonds.